The van der Waals surface area contributed by atoms with Gasteiger partial charge in [-0.25, -0.2) is 0 Å². The van der Waals surface area contributed by atoms with Gasteiger partial charge in [0.25, 0.3) is 0 Å². The second kappa shape index (κ2) is 28.6. The van der Waals surface area contributed by atoms with Gasteiger partial charge in [-0.05, 0) is 26.7 Å². The molecule has 0 aliphatic carbocycles. The first-order chi connectivity index (χ1) is 16.7. The molecule has 0 atom stereocenters. The van der Waals surface area contributed by atoms with Gasteiger partial charge in [0, 0.05) is 13.0 Å². The molecule has 0 heterocycles. The number of carbonyl (C=O) groups excluding carboxylic acids is 1. The molecule has 5 nitrogen and oxygen atoms in total. The van der Waals surface area contributed by atoms with Gasteiger partial charge < -0.3 is 18.9 Å². The van der Waals surface area contributed by atoms with Crippen molar-refractivity contribution in [1.29, 1.82) is 0 Å². The van der Waals surface area contributed by atoms with Crippen LogP contribution in [0, 0.1) is 0 Å². The summed E-state index contributed by atoms with van der Waals surface area (Å²) in [7, 11) is 0. The first-order valence-electron chi connectivity index (χ1n) is 14.6. The standard InChI is InChI=1S/C29H58O5/c1-4-5-6-7-8-9-10-11-12-13-14-15-16-17-18-19-23-34-29(30)21-20-22-31-24-25-32-26-27-33-28(2)3/h28H,4-27H2,1-3H3. The third kappa shape index (κ3) is 29.4. The number of unbranched alkanes of at least 4 members (excludes halogenated alkanes) is 15. The van der Waals surface area contributed by atoms with E-state index in [-0.39, 0.29) is 12.1 Å². The summed E-state index contributed by atoms with van der Waals surface area (Å²) in [6.45, 7) is 9.75. The largest absolute Gasteiger partial charge is 0.466 e. The van der Waals surface area contributed by atoms with Crippen LogP contribution in [0.4, 0.5) is 0 Å². The van der Waals surface area contributed by atoms with Gasteiger partial charge in [0.1, 0.15) is 0 Å². The first kappa shape index (κ1) is 33.4. The molecule has 0 aromatic carbocycles. The molecule has 0 spiro atoms. The van der Waals surface area contributed by atoms with Crippen molar-refractivity contribution in [3.05, 3.63) is 0 Å². The Morgan fingerprint density at radius 2 is 0.971 bits per heavy atom. The quantitative estimate of drug-likeness (QED) is 0.0827. The van der Waals surface area contributed by atoms with Gasteiger partial charge in [0.15, 0.2) is 0 Å². The van der Waals surface area contributed by atoms with E-state index in [1.807, 2.05) is 13.8 Å². The number of hydrogen-bond donors (Lipinski definition) is 0. The Hall–Kier alpha value is -0.650. The van der Waals surface area contributed by atoms with Crippen LogP contribution in [-0.4, -0.2) is 51.7 Å². The number of esters is 1. The second-order valence-electron chi connectivity index (χ2n) is 9.77. The third-order valence-corrected chi connectivity index (χ3v) is 5.98. The van der Waals surface area contributed by atoms with Gasteiger partial charge in [-0.1, -0.05) is 103 Å². The Morgan fingerprint density at radius 3 is 1.47 bits per heavy atom. The summed E-state index contributed by atoms with van der Waals surface area (Å²) in [5.74, 6) is -0.105. The van der Waals surface area contributed by atoms with E-state index in [0.29, 0.717) is 52.5 Å². The zero-order valence-corrected chi connectivity index (χ0v) is 23.1. The lowest BCUT2D eigenvalue weighted by Gasteiger charge is -2.08. The predicted molar refractivity (Wildman–Crippen MR) is 142 cm³/mol. The highest BCUT2D eigenvalue weighted by molar-refractivity contribution is 5.69. The fraction of sp³-hybridized carbons (Fsp3) is 0.966. The van der Waals surface area contributed by atoms with Crippen LogP contribution in [0.25, 0.3) is 0 Å². The normalized spacial score (nSPS) is 11.4. The molecular weight excluding hydrogens is 428 g/mol. The van der Waals surface area contributed by atoms with Gasteiger partial charge in [-0.15, -0.1) is 0 Å². The summed E-state index contributed by atoms with van der Waals surface area (Å²) >= 11 is 0. The minimum atomic E-state index is -0.105. The Bertz CT molecular complexity index is 400. The minimum absolute atomic E-state index is 0.105. The number of rotatable bonds is 28. The lowest BCUT2D eigenvalue weighted by molar-refractivity contribution is -0.144. The van der Waals surface area contributed by atoms with E-state index in [2.05, 4.69) is 6.92 Å². The lowest BCUT2D eigenvalue weighted by Crippen LogP contribution is -2.13. The molecule has 0 saturated heterocycles. The van der Waals surface area contributed by atoms with E-state index in [0.717, 1.165) is 12.8 Å². The number of hydrogen-bond acceptors (Lipinski definition) is 5. The molecule has 204 valence electrons. The molecule has 34 heavy (non-hydrogen) atoms. The van der Waals surface area contributed by atoms with Crippen LogP contribution < -0.4 is 0 Å². The smallest absolute Gasteiger partial charge is 0.305 e. The molecule has 0 rings (SSSR count). The molecule has 0 unspecified atom stereocenters. The Kier molecular flexibility index (Phi) is 28.0. The average molecular weight is 487 g/mol. The van der Waals surface area contributed by atoms with Crippen LogP contribution >= 0.6 is 0 Å². The highest BCUT2D eigenvalue weighted by atomic mass is 16.5. The third-order valence-electron chi connectivity index (χ3n) is 5.98. The summed E-state index contributed by atoms with van der Waals surface area (Å²) < 4.78 is 21.6. The van der Waals surface area contributed by atoms with Crippen LogP contribution in [0.3, 0.4) is 0 Å². The number of carbonyl (C=O) groups is 1. The van der Waals surface area contributed by atoms with Gasteiger partial charge >= 0.3 is 5.97 Å². The molecule has 0 aliphatic rings. The summed E-state index contributed by atoms with van der Waals surface area (Å²) in [5.41, 5.74) is 0. The van der Waals surface area contributed by atoms with Crippen LogP contribution in [0.5, 0.6) is 0 Å². The lowest BCUT2D eigenvalue weighted by atomic mass is 10.0. The van der Waals surface area contributed by atoms with Crippen molar-refractivity contribution >= 4 is 5.97 Å². The highest BCUT2D eigenvalue weighted by Gasteiger charge is 2.03. The van der Waals surface area contributed by atoms with Crippen molar-refractivity contribution in [3.8, 4) is 0 Å². The Labute approximate surface area is 212 Å². The van der Waals surface area contributed by atoms with E-state index in [9.17, 15) is 4.79 Å². The molecule has 0 radical (unpaired) electrons. The number of ether oxygens (including phenoxy) is 4. The topological polar surface area (TPSA) is 54.0 Å². The van der Waals surface area contributed by atoms with Gasteiger partial charge in [0.05, 0.1) is 39.1 Å². The van der Waals surface area contributed by atoms with E-state index >= 15 is 0 Å². The SMILES string of the molecule is CCCCCCCCCCCCCCCCCCOC(=O)CCCOCCOCCOC(C)C. The van der Waals surface area contributed by atoms with Crippen molar-refractivity contribution in [1.82, 2.24) is 0 Å². The maximum Gasteiger partial charge on any atom is 0.305 e. The summed E-state index contributed by atoms with van der Waals surface area (Å²) in [5, 5.41) is 0. The highest BCUT2D eigenvalue weighted by Crippen LogP contribution is 2.13. The Morgan fingerprint density at radius 1 is 0.529 bits per heavy atom. The van der Waals surface area contributed by atoms with Crippen LogP contribution in [0.15, 0.2) is 0 Å². The fourth-order valence-electron chi connectivity index (χ4n) is 3.89. The van der Waals surface area contributed by atoms with Crippen LogP contribution in [0.1, 0.15) is 136 Å². The maximum atomic E-state index is 11.7. The molecular formula is C29H58O5. The fourth-order valence-corrected chi connectivity index (χ4v) is 3.89. The van der Waals surface area contributed by atoms with E-state index in [1.54, 1.807) is 0 Å². The maximum absolute atomic E-state index is 11.7. The van der Waals surface area contributed by atoms with Gasteiger partial charge in [-0.3, -0.25) is 4.79 Å². The summed E-state index contributed by atoms with van der Waals surface area (Å²) in [6, 6.07) is 0. The molecule has 0 bridgehead atoms. The monoisotopic (exact) mass is 486 g/mol. The summed E-state index contributed by atoms with van der Waals surface area (Å²) in [6.07, 6.45) is 23.0. The van der Waals surface area contributed by atoms with Crippen molar-refractivity contribution in [2.24, 2.45) is 0 Å². The molecule has 0 amide bonds. The van der Waals surface area contributed by atoms with Gasteiger partial charge in [-0.2, -0.15) is 0 Å². The zero-order chi connectivity index (χ0) is 25.0. The second-order valence-corrected chi connectivity index (χ2v) is 9.77. The molecule has 0 aromatic heterocycles. The van der Waals surface area contributed by atoms with Crippen LogP contribution in [0.2, 0.25) is 0 Å². The Balaban J connectivity index is 3.14. The van der Waals surface area contributed by atoms with Gasteiger partial charge in [0.2, 0.25) is 0 Å². The van der Waals surface area contributed by atoms with Crippen molar-refractivity contribution < 1.29 is 23.7 Å². The molecule has 5 heteroatoms. The van der Waals surface area contributed by atoms with E-state index in [1.165, 1.54) is 89.9 Å². The molecule has 0 saturated carbocycles. The van der Waals surface area contributed by atoms with Crippen molar-refractivity contribution in [3.63, 3.8) is 0 Å². The predicted octanol–water partition coefficient (Wildman–Crippen LogP) is 8.03. The molecule has 0 aliphatic heterocycles. The van der Waals surface area contributed by atoms with E-state index < -0.39 is 0 Å². The average Bonchev–Trinajstić information content (AvgIpc) is 2.82. The molecule has 0 fully saturated rings. The van der Waals surface area contributed by atoms with Crippen molar-refractivity contribution in [2.45, 2.75) is 142 Å². The molecule has 0 aromatic rings. The first-order valence-corrected chi connectivity index (χ1v) is 14.6. The van der Waals surface area contributed by atoms with Crippen molar-refractivity contribution in [2.75, 3.05) is 39.6 Å². The zero-order valence-electron chi connectivity index (χ0n) is 23.1. The minimum Gasteiger partial charge on any atom is -0.466 e. The molecule has 0 N–H and O–H groups in total. The summed E-state index contributed by atoms with van der Waals surface area (Å²) in [4.78, 5) is 11.7. The van der Waals surface area contributed by atoms with Crippen LogP contribution in [-0.2, 0) is 23.7 Å². The van der Waals surface area contributed by atoms with E-state index in [4.69, 9.17) is 18.9 Å².